The summed E-state index contributed by atoms with van der Waals surface area (Å²) in [4.78, 5) is 16.3. The quantitative estimate of drug-likeness (QED) is 0.851. The van der Waals surface area contributed by atoms with Crippen LogP contribution in [0, 0.1) is 0 Å². The minimum Gasteiger partial charge on any atom is -0.322 e. The Kier molecular flexibility index (Phi) is 5.93. The van der Waals surface area contributed by atoms with Crippen LogP contribution in [0.3, 0.4) is 0 Å². The van der Waals surface area contributed by atoms with Gasteiger partial charge in [-0.2, -0.15) is 4.31 Å². The number of hydrogen-bond acceptors (Lipinski definition) is 4. The maximum Gasteiger partial charge on any atom is 0.257 e. The van der Waals surface area contributed by atoms with Crippen molar-refractivity contribution < 1.29 is 13.2 Å². The molecule has 8 heteroatoms. The third-order valence-corrected chi connectivity index (χ3v) is 5.84. The predicted octanol–water partition coefficient (Wildman–Crippen LogP) is 3.02. The van der Waals surface area contributed by atoms with Crippen LogP contribution in [-0.4, -0.2) is 36.7 Å². The Morgan fingerprint density at radius 2 is 1.79 bits per heavy atom. The average molecular weight is 368 g/mol. The van der Waals surface area contributed by atoms with E-state index in [0.717, 1.165) is 0 Å². The molecule has 0 atom stereocenters. The summed E-state index contributed by atoms with van der Waals surface area (Å²) in [6.45, 7) is 4.21. The van der Waals surface area contributed by atoms with Crippen LogP contribution >= 0.6 is 11.6 Å². The van der Waals surface area contributed by atoms with Gasteiger partial charge in [0.2, 0.25) is 10.0 Å². The summed E-state index contributed by atoms with van der Waals surface area (Å²) in [5.41, 5.74) is 0.643. The number of nitrogens with zero attached hydrogens (tertiary/aromatic N) is 2. The van der Waals surface area contributed by atoms with Crippen LogP contribution in [0.2, 0.25) is 5.02 Å². The van der Waals surface area contributed by atoms with Crippen molar-refractivity contribution in [1.82, 2.24) is 9.29 Å². The number of amides is 1. The van der Waals surface area contributed by atoms with Crippen molar-refractivity contribution in [3.05, 3.63) is 53.3 Å². The van der Waals surface area contributed by atoms with Crippen LogP contribution in [0.25, 0.3) is 0 Å². The van der Waals surface area contributed by atoms with Gasteiger partial charge in [0, 0.05) is 31.2 Å². The lowest BCUT2D eigenvalue weighted by Gasteiger charge is -2.19. The number of nitrogens with one attached hydrogen (secondary N) is 1. The number of rotatable bonds is 6. The van der Waals surface area contributed by atoms with E-state index in [4.69, 9.17) is 11.6 Å². The molecule has 0 aliphatic rings. The van der Waals surface area contributed by atoms with E-state index in [0.29, 0.717) is 18.8 Å². The molecule has 0 saturated heterocycles. The van der Waals surface area contributed by atoms with Gasteiger partial charge in [-0.25, -0.2) is 8.42 Å². The molecular weight excluding hydrogens is 350 g/mol. The Morgan fingerprint density at radius 3 is 2.38 bits per heavy atom. The normalized spacial score (nSPS) is 11.5. The van der Waals surface area contributed by atoms with Crippen molar-refractivity contribution >= 4 is 33.2 Å². The summed E-state index contributed by atoms with van der Waals surface area (Å²) in [5, 5.41) is 2.84. The third-order valence-electron chi connectivity index (χ3n) is 3.46. The molecule has 1 N–H and O–H groups in total. The Hall–Kier alpha value is -1.96. The molecule has 0 bridgehead atoms. The Morgan fingerprint density at radius 1 is 1.17 bits per heavy atom. The number of sulfonamides is 1. The molecule has 0 radical (unpaired) electrons. The lowest BCUT2D eigenvalue weighted by molar-refractivity contribution is 0.102. The van der Waals surface area contributed by atoms with E-state index in [-0.39, 0.29) is 15.5 Å². The maximum absolute atomic E-state index is 12.6. The zero-order valence-electron chi connectivity index (χ0n) is 13.4. The molecule has 1 heterocycles. The second-order valence-corrected chi connectivity index (χ2v) is 7.27. The number of carbonyl (C=O) groups excluding carboxylic acids is 1. The summed E-state index contributed by atoms with van der Waals surface area (Å²) in [7, 11) is -3.66. The molecule has 0 aliphatic heterocycles. The first-order chi connectivity index (χ1) is 11.4. The zero-order chi connectivity index (χ0) is 17.7. The summed E-state index contributed by atoms with van der Waals surface area (Å²) < 4.78 is 26.5. The monoisotopic (exact) mass is 367 g/mol. The average Bonchev–Trinajstić information content (AvgIpc) is 2.56. The lowest BCUT2D eigenvalue weighted by atomic mass is 10.2. The Balaban J connectivity index is 2.37. The molecule has 1 aromatic heterocycles. The molecule has 128 valence electrons. The Labute approximate surface area is 146 Å². The van der Waals surface area contributed by atoms with Gasteiger partial charge in [-0.3, -0.25) is 9.78 Å². The van der Waals surface area contributed by atoms with Gasteiger partial charge in [0.1, 0.15) is 0 Å². The van der Waals surface area contributed by atoms with E-state index in [1.807, 2.05) is 0 Å². The zero-order valence-corrected chi connectivity index (χ0v) is 14.9. The molecule has 2 aromatic rings. The van der Waals surface area contributed by atoms with Gasteiger partial charge in [0.25, 0.3) is 5.91 Å². The van der Waals surface area contributed by atoms with Gasteiger partial charge in [0.05, 0.1) is 15.5 Å². The van der Waals surface area contributed by atoms with E-state index in [2.05, 4.69) is 10.3 Å². The number of halogens is 1. The molecule has 6 nitrogen and oxygen atoms in total. The van der Waals surface area contributed by atoms with Crippen LogP contribution in [0.15, 0.2) is 47.6 Å². The fourth-order valence-corrected chi connectivity index (χ4v) is 3.87. The second kappa shape index (κ2) is 7.74. The van der Waals surface area contributed by atoms with Crippen molar-refractivity contribution in [2.45, 2.75) is 18.7 Å². The smallest absolute Gasteiger partial charge is 0.257 e. The predicted molar refractivity (Wildman–Crippen MR) is 93.7 cm³/mol. The highest BCUT2D eigenvalue weighted by Gasteiger charge is 2.23. The number of aromatic nitrogens is 1. The van der Waals surface area contributed by atoms with Crippen molar-refractivity contribution in [3.63, 3.8) is 0 Å². The third kappa shape index (κ3) is 3.92. The molecule has 0 spiro atoms. The van der Waals surface area contributed by atoms with E-state index in [9.17, 15) is 13.2 Å². The first kappa shape index (κ1) is 18.4. The van der Waals surface area contributed by atoms with Gasteiger partial charge >= 0.3 is 0 Å². The molecule has 1 amide bonds. The number of carbonyl (C=O) groups is 1. The largest absolute Gasteiger partial charge is 0.322 e. The summed E-state index contributed by atoms with van der Waals surface area (Å²) in [5.74, 6) is -0.484. The van der Waals surface area contributed by atoms with Crippen LogP contribution in [-0.2, 0) is 10.0 Å². The molecule has 0 unspecified atom stereocenters. The second-order valence-electron chi connectivity index (χ2n) is 4.92. The number of benzene rings is 1. The molecule has 2 rings (SSSR count). The first-order valence-electron chi connectivity index (χ1n) is 7.41. The van der Waals surface area contributed by atoms with Crippen molar-refractivity contribution in [2.24, 2.45) is 0 Å². The number of pyridine rings is 1. The lowest BCUT2D eigenvalue weighted by Crippen LogP contribution is -2.30. The van der Waals surface area contributed by atoms with Gasteiger partial charge in [-0.15, -0.1) is 0 Å². The minimum atomic E-state index is -3.66. The van der Waals surface area contributed by atoms with Gasteiger partial charge in [-0.1, -0.05) is 25.4 Å². The van der Waals surface area contributed by atoms with Gasteiger partial charge in [-0.05, 0) is 30.3 Å². The topological polar surface area (TPSA) is 79.4 Å². The van der Waals surface area contributed by atoms with Gasteiger partial charge < -0.3 is 5.32 Å². The molecule has 24 heavy (non-hydrogen) atoms. The SMILES string of the molecule is CCN(CC)S(=O)(=O)c1ccc(Cl)c(C(=O)Nc2ccncc2)c1. The molecule has 1 aromatic carbocycles. The molecule has 0 fully saturated rings. The fraction of sp³-hybridized carbons (Fsp3) is 0.250. The standard InChI is InChI=1S/C16H18ClN3O3S/c1-3-20(4-2)24(22,23)13-5-6-15(17)14(11-13)16(21)19-12-7-9-18-10-8-12/h5-11H,3-4H2,1-2H3,(H,18,19,21). The summed E-state index contributed by atoms with van der Waals surface area (Å²) in [6.07, 6.45) is 3.08. The van der Waals surface area contributed by atoms with Crippen molar-refractivity contribution in [3.8, 4) is 0 Å². The minimum absolute atomic E-state index is 0.0375. The van der Waals surface area contributed by atoms with Crippen LogP contribution < -0.4 is 5.32 Å². The maximum atomic E-state index is 12.6. The van der Waals surface area contributed by atoms with Crippen LogP contribution in [0.5, 0.6) is 0 Å². The van der Waals surface area contributed by atoms with E-state index in [1.54, 1.807) is 38.4 Å². The van der Waals surface area contributed by atoms with Crippen LogP contribution in [0.1, 0.15) is 24.2 Å². The van der Waals surface area contributed by atoms with Crippen LogP contribution in [0.4, 0.5) is 5.69 Å². The highest BCUT2D eigenvalue weighted by Crippen LogP contribution is 2.24. The molecular formula is C16H18ClN3O3S. The van der Waals surface area contributed by atoms with E-state index in [1.165, 1.54) is 22.5 Å². The first-order valence-corrected chi connectivity index (χ1v) is 9.23. The number of anilines is 1. The van der Waals surface area contributed by atoms with E-state index >= 15 is 0 Å². The van der Waals surface area contributed by atoms with E-state index < -0.39 is 15.9 Å². The highest BCUT2D eigenvalue weighted by atomic mass is 35.5. The van der Waals surface area contributed by atoms with Gasteiger partial charge in [0.15, 0.2) is 0 Å². The highest BCUT2D eigenvalue weighted by molar-refractivity contribution is 7.89. The fourth-order valence-electron chi connectivity index (χ4n) is 2.19. The summed E-state index contributed by atoms with van der Waals surface area (Å²) in [6, 6.07) is 7.37. The summed E-state index contributed by atoms with van der Waals surface area (Å²) >= 11 is 6.07. The molecule has 0 aliphatic carbocycles. The Bertz CT molecular complexity index is 822. The number of hydrogen-bond donors (Lipinski definition) is 1. The molecule has 0 saturated carbocycles. The van der Waals surface area contributed by atoms with Crippen molar-refractivity contribution in [2.75, 3.05) is 18.4 Å². The van der Waals surface area contributed by atoms with Crippen molar-refractivity contribution in [1.29, 1.82) is 0 Å².